The number of rotatable bonds is 4. The Hall–Kier alpha value is -1.66. The predicted octanol–water partition coefficient (Wildman–Crippen LogP) is 4.28. The first-order chi connectivity index (χ1) is 10.1. The van der Waals surface area contributed by atoms with Crippen molar-refractivity contribution in [3.8, 4) is 11.4 Å². The van der Waals surface area contributed by atoms with Crippen LogP contribution in [0.2, 0.25) is 0 Å². The first-order valence-corrected chi connectivity index (χ1v) is 8.32. The Morgan fingerprint density at radius 1 is 1.29 bits per heavy atom. The molecule has 0 spiro atoms. The van der Waals surface area contributed by atoms with E-state index in [1.165, 1.54) is 10.9 Å². The van der Waals surface area contributed by atoms with E-state index in [2.05, 4.69) is 28.6 Å². The van der Waals surface area contributed by atoms with Gasteiger partial charge in [-0.3, -0.25) is 0 Å². The zero-order valence-corrected chi connectivity index (χ0v) is 13.3. The highest BCUT2D eigenvalue weighted by Crippen LogP contribution is 2.27. The van der Waals surface area contributed by atoms with Crippen molar-refractivity contribution in [1.29, 1.82) is 0 Å². The second-order valence-corrected chi connectivity index (χ2v) is 6.79. The van der Waals surface area contributed by atoms with E-state index in [9.17, 15) is 4.39 Å². The van der Waals surface area contributed by atoms with Gasteiger partial charge in [-0.25, -0.2) is 4.39 Å². The molecule has 3 aromatic rings. The molecule has 0 aliphatic carbocycles. The molecule has 6 heteroatoms. The monoisotopic (exact) mass is 319 g/mol. The molecule has 0 fully saturated rings. The first kappa shape index (κ1) is 14.3. The van der Waals surface area contributed by atoms with E-state index in [1.54, 1.807) is 35.2 Å². The number of thioether (sulfide) groups is 1. The van der Waals surface area contributed by atoms with E-state index >= 15 is 0 Å². The molecule has 0 radical (unpaired) electrons. The van der Waals surface area contributed by atoms with Gasteiger partial charge in [0.2, 0.25) is 0 Å². The number of halogens is 1. The highest BCUT2D eigenvalue weighted by molar-refractivity contribution is 7.98. The zero-order chi connectivity index (χ0) is 14.8. The number of benzene rings is 1. The molecule has 1 aromatic carbocycles. The Morgan fingerprint density at radius 2 is 2.14 bits per heavy atom. The van der Waals surface area contributed by atoms with Gasteiger partial charge in [0.1, 0.15) is 5.82 Å². The lowest BCUT2D eigenvalue weighted by Crippen LogP contribution is -1.94. The third-order valence-electron chi connectivity index (χ3n) is 3.08. The summed E-state index contributed by atoms with van der Waals surface area (Å²) in [6.07, 6.45) is 0. The van der Waals surface area contributed by atoms with Gasteiger partial charge in [0.05, 0.1) is 0 Å². The van der Waals surface area contributed by atoms with Gasteiger partial charge in [-0.15, -0.1) is 21.5 Å². The molecule has 108 valence electrons. The minimum absolute atomic E-state index is 0.208. The first-order valence-electron chi connectivity index (χ1n) is 6.45. The van der Waals surface area contributed by atoms with Crippen LogP contribution in [0.4, 0.5) is 4.39 Å². The van der Waals surface area contributed by atoms with Gasteiger partial charge in [0, 0.05) is 28.6 Å². The molecule has 0 N–H and O–H groups in total. The summed E-state index contributed by atoms with van der Waals surface area (Å²) in [4.78, 5) is 1.25. The van der Waals surface area contributed by atoms with Crippen LogP contribution in [0, 0.1) is 12.7 Å². The van der Waals surface area contributed by atoms with Gasteiger partial charge in [-0.1, -0.05) is 23.9 Å². The summed E-state index contributed by atoms with van der Waals surface area (Å²) in [7, 11) is 1.95. The van der Waals surface area contributed by atoms with E-state index in [0.29, 0.717) is 5.75 Å². The number of aromatic nitrogens is 3. The molecule has 3 nitrogen and oxygen atoms in total. The standard InChI is InChI=1S/C15H14FN3S2/c1-10-6-12(9-20-10)14-17-18-15(19(14)2)21-8-11-4-3-5-13(16)7-11/h3-7,9H,8H2,1-2H3. The average Bonchev–Trinajstić information content (AvgIpc) is 3.03. The second-order valence-electron chi connectivity index (χ2n) is 4.73. The van der Waals surface area contributed by atoms with Crippen molar-refractivity contribution < 1.29 is 4.39 Å². The number of nitrogens with zero attached hydrogens (tertiary/aromatic N) is 3. The Kier molecular flexibility index (Phi) is 4.07. The molecular weight excluding hydrogens is 305 g/mol. The summed E-state index contributed by atoms with van der Waals surface area (Å²) >= 11 is 3.26. The summed E-state index contributed by atoms with van der Waals surface area (Å²) in [6.45, 7) is 2.07. The topological polar surface area (TPSA) is 30.7 Å². The van der Waals surface area contributed by atoms with E-state index in [1.807, 2.05) is 17.7 Å². The molecular formula is C15H14FN3S2. The smallest absolute Gasteiger partial charge is 0.191 e. The maximum Gasteiger partial charge on any atom is 0.191 e. The molecule has 0 unspecified atom stereocenters. The summed E-state index contributed by atoms with van der Waals surface area (Å²) in [5.74, 6) is 1.33. The van der Waals surface area contributed by atoms with Crippen molar-refractivity contribution >= 4 is 23.1 Å². The fraction of sp³-hybridized carbons (Fsp3) is 0.200. The molecule has 0 saturated heterocycles. The molecule has 0 aliphatic rings. The fourth-order valence-electron chi connectivity index (χ4n) is 2.03. The van der Waals surface area contributed by atoms with Gasteiger partial charge in [0.25, 0.3) is 0 Å². The summed E-state index contributed by atoms with van der Waals surface area (Å²) in [5, 5.41) is 11.4. The van der Waals surface area contributed by atoms with Crippen molar-refractivity contribution in [2.45, 2.75) is 17.8 Å². The second kappa shape index (κ2) is 5.99. The highest BCUT2D eigenvalue weighted by atomic mass is 32.2. The van der Waals surface area contributed by atoms with E-state index < -0.39 is 0 Å². The zero-order valence-electron chi connectivity index (χ0n) is 11.7. The molecule has 2 aromatic heterocycles. The van der Waals surface area contributed by atoms with Crippen LogP contribution in [-0.2, 0) is 12.8 Å². The summed E-state index contributed by atoms with van der Waals surface area (Å²) in [5.41, 5.74) is 2.03. The van der Waals surface area contributed by atoms with Crippen LogP contribution >= 0.6 is 23.1 Å². The van der Waals surface area contributed by atoms with Gasteiger partial charge in [-0.05, 0) is 30.7 Å². The SMILES string of the molecule is Cc1cc(-c2nnc(SCc3cccc(F)c3)n2C)cs1. The third kappa shape index (κ3) is 3.16. The van der Waals surface area contributed by atoms with Gasteiger partial charge >= 0.3 is 0 Å². The Labute approximate surface area is 130 Å². The van der Waals surface area contributed by atoms with Crippen LogP contribution in [0.1, 0.15) is 10.4 Å². The summed E-state index contributed by atoms with van der Waals surface area (Å²) < 4.78 is 15.1. The maximum absolute atomic E-state index is 13.2. The van der Waals surface area contributed by atoms with Crippen LogP contribution in [0.3, 0.4) is 0 Å². The number of thiophene rings is 1. The molecule has 0 bridgehead atoms. The normalized spacial score (nSPS) is 11.0. The number of hydrogen-bond donors (Lipinski definition) is 0. The lowest BCUT2D eigenvalue weighted by molar-refractivity contribution is 0.626. The number of aryl methyl sites for hydroxylation is 1. The van der Waals surface area contributed by atoms with Crippen LogP contribution in [0.25, 0.3) is 11.4 Å². The van der Waals surface area contributed by atoms with Crippen molar-refractivity contribution in [2.24, 2.45) is 7.05 Å². The quantitative estimate of drug-likeness (QED) is 0.672. The van der Waals surface area contributed by atoms with Crippen LogP contribution < -0.4 is 0 Å². The Bertz CT molecular complexity index is 764. The van der Waals surface area contributed by atoms with Crippen LogP contribution in [0.15, 0.2) is 40.9 Å². The van der Waals surface area contributed by atoms with Crippen molar-refractivity contribution in [1.82, 2.24) is 14.8 Å². The minimum atomic E-state index is -0.208. The maximum atomic E-state index is 13.2. The lowest BCUT2D eigenvalue weighted by atomic mass is 10.2. The Balaban J connectivity index is 1.77. The van der Waals surface area contributed by atoms with Gasteiger partial charge < -0.3 is 4.57 Å². The fourth-order valence-corrected chi connectivity index (χ4v) is 3.56. The lowest BCUT2D eigenvalue weighted by Gasteiger charge is -2.03. The van der Waals surface area contributed by atoms with Crippen LogP contribution in [-0.4, -0.2) is 14.8 Å². The molecule has 0 saturated carbocycles. The van der Waals surface area contributed by atoms with Gasteiger partial charge in [0.15, 0.2) is 11.0 Å². The molecule has 2 heterocycles. The van der Waals surface area contributed by atoms with Crippen LogP contribution in [0.5, 0.6) is 0 Å². The average molecular weight is 319 g/mol. The van der Waals surface area contributed by atoms with Crippen molar-refractivity contribution in [3.63, 3.8) is 0 Å². The molecule has 0 aliphatic heterocycles. The predicted molar refractivity (Wildman–Crippen MR) is 85.0 cm³/mol. The van der Waals surface area contributed by atoms with Crippen molar-refractivity contribution in [3.05, 3.63) is 52.0 Å². The summed E-state index contributed by atoms with van der Waals surface area (Å²) in [6, 6.07) is 8.74. The molecule has 3 rings (SSSR count). The molecule has 0 amide bonds. The van der Waals surface area contributed by atoms with E-state index in [4.69, 9.17) is 0 Å². The minimum Gasteiger partial charge on any atom is -0.305 e. The van der Waals surface area contributed by atoms with E-state index in [-0.39, 0.29) is 5.82 Å². The van der Waals surface area contributed by atoms with Crippen molar-refractivity contribution in [2.75, 3.05) is 0 Å². The third-order valence-corrected chi connectivity index (χ3v) is 5.03. The Morgan fingerprint density at radius 3 is 2.86 bits per heavy atom. The van der Waals surface area contributed by atoms with Gasteiger partial charge in [-0.2, -0.15) is 0 Å². The molecule has 21 heavy (non-hydrogen) atoms. The molecule has 0 atom stereocenters. The largest absolute Gasteiger partial charge is 0.305 e. The van der Waals surface area contributed by atoms with E-state index in [0.717, 1.165) is 22.1 Å². The number of hydrogen-bond acceptors (Lipinski definition) is 4. The highest BCUT2D eigenvalue weighted by Gasteiger charge is 2.12.